The van der Waals surface area contributed by atoms with Crippen molar-refractivity contribution in [3.63, 3.8) is 0 Å². The second-order valence-electron chi connectivity index (χ2n) is 5.22. The van der Waals surface area contributed by atoms with Crippen molar-refractivity contribution < 1.29 is 14.3 Å². The van der Waals surface area contributed by atoms with Gasteiger partial charge in [-0.3, -0.25) is 4.79 Å². The first-order chi connectivity index (χ1) is 10.8. The summed E-state index contributed by atoms with van der Waals surface area (Å²) in [6, 6.07) is 15.1. The third kappa shape index (κ3) is 3.22. The van der Waals surface area contributed by atoms with Crippen LogP contribution in [0.3, 0.4) is 0 Å². The van der Waals surface area contributed by atoms with E-state index in [0.29, 0.717) is 18.7 Å². The van der Waals surface area contributed by atoms with Crippen molar-refractivity contribution in [3.05, 3.63) is 59.7 Å². The van der Waals surface area contributed by atoms with E-state index in [1.54, 1.807) is 24.3 Å². The van der Waals surface area contributed by atoms with Crippen LogP contribution < -0.4 is 14.8 Å². The first-order valence-electron chi connectivity index (χ1n) is 7.52. The van der Waals surface area contributed by atoms with E-state index in [0.717, 1.165) is 17.9 Å². The molecule has 114 valence electrons. The third-order valence-electron chi connectivity index (χ3n) is 3.63. The van der Waals surface area contributed by atoms with Crippen LogP contribution in [0, 0.1) is 0 Å². The molecular formula is C18H19NO3. The summed E-state index contributed by atoms with van der Waals surface area (Å²) in [4.78, 5) is 12.1. The van der Waals surface area contributed by atoms with Crippen molar-refractivity contribution in [1.29, 1.82) is 0 Å². The third-order valence-corrected chi connectivity index (χ3v) is 3.63. The van der Waals surface area contributed by atoms with Crippen LogP contribution in [0.25, 0.3) is 0 Å². The molecule has 1 amide bonds. The molecule has 0 spiro atoms. The number of carbonyl (C=O) groups is 1. The first kappa shape index (κ1) is 14.4. The zero-order valence-corrected chi connectivity index (χ0v) is 12.5. The van der Waals surface area contributed by atoms with Gasteiger partial charge in [0.15, 0.2) is 0 Å². The van der Waals surface area contributed by atoms with Crippen LogP contribution >= 0.6 is 0 Å². The van der Waals surface area contributed by atoms with Gasteiger partial charge in [-0.15, -0.1) is 0 Å². The van der Waals surface area contributed by atoms with E-state index in [-0.39, 0.29) is 12.0 Å². The number of carbonyl (C=O) groups excluding carboxylic acids is 1. The maximum Gasteiger partial charge on any atom is 0.251 e. The van der Waals surface area contributed by atoms with Crippen LogP contribution in [0.2, 0.25) is 0 Å². The summed E-state index contributed by atoms with van der Waals surface area (Å²) in [5.74, 6) is 1.60. The van der Waals surface area contributed by atoms with E-state index in [1.165, 1.54) is 5.56 Å². The molecule has 1 atom stereocenters. The van der Waals surface area contributed by atoms with Crippen molar-refractivity contribution in [2.45, 2.75) is 19.4 Å². The van der Waals surface area contributed by atoms with Gasteiger partial charge in [0.05, 0.1) is 13.2 Å². The molecule has 1 aliphatic rings. The summed E-state index contributed by atoms with van der Waals surface area (Å²) in [7, 11) is 0. The molecule has 0 radical (unpaired) electrons. The fourth-order valence-corrected chi connectivity index (χ4v) is 2.55. The molecule has 0 saturated heterocycles. The summed E-state index contributed by atoms with van der Waals surface area (Å²) in [6.07, 6.45) is 0.837. The lowest BCUT2D eigenvalue weighted by atomic mass is 10.1. The second-order valence-corrected chi connectivity index (χ2v) is 5.22. The molecule has 0 aliphatic carbocycles. The van der Waals surface area contributed by atoms with E-state index < -0.39 is 0 Å². The quantitative estimate of drug-likeness (QED) is 0.923. The van der Waals surface area contributed by atoms with Gasteiger partial charge < -0.3 is 14.8 Å². The molecular weight excluding hydrogens is 278 g/mol. The van der Waals surface area contributed by atoms with E-state index in [2.05, 4.69) is 11.4 Å². The molecule has 0 aromatic heterocycles. The molecule has 1 N–H and O–H groups in total. The minimum Gasteiger partial charge on any atom is -0.494 e. The van der Waals surface area contributed by atoms with Gasteiger partial charge in [0.25, 0.3) is 5.91 Å². The Kier molecular flexibility index (Phi) is 4.28. The highest BCUT2D eigenvalue weighted by Crippen LogP contribution is 2.27. The van der Waals surface area contributed by atoms with Crippen LogP contribution in [0.1, 0.15) is 22.8 Å². The SMILES string of the molecule is CCOc1ccc(C(=O)NCC2Cc3ccccc3O2)cc1. The Morgan fingerprint density at radius 2 is 2.00 bits per heavy atom. The molecule has 0 saturated carbocycles. The van der Waals surface area contributed by atoms with Gasteiger partial charge in [-0.05, 0) is 42.8 Å². The Labute approximate surface area is 130 Å². The molecule has 1 heterocycles. The number of rotatable bonds is 5. The van der Waals surface area contributed by atoms with Crippen LogP contribution in [0.4, 0.5) is 0 Å². The summed E-state index contributed by atoms with van der Waals surface area (Å²) in [5.41, 5.74) is 1.82. The first-order valence-corrected chi connectivity index (χ1v) is 7.52. The fourth-order valence-electron chi connectivity index (χ4n) is 2.55. The minimum absolute atomic E-state index is 0.00375. The average molecular weight is 297 g/mol. The normalized spacial score (nSPS) is 15.8. The zero-order valence-electron chi connectivity index (χ0n) is 12.5. The fraction of sp³-hybridized carbons (Fsp3) is 0.278. The van der Waals surface area contributed by atoms with Gasteiger partial charge in [-0.25, -0.2) is 0 Å². The highest BCUT2D eigenvalue weighted by atomic mass is 16.5. The van der Waals surface area contributed by atoms with Crippen molar-refractivity contribution in [3.8, 4) is 11.5 Å². The van der Waals surface area contributed by atoms with Crippen molar-refractivity contribution in [1.82, 2.24) is 5.32 Å². The zero-order chi connectivity index (χ0) is 15.4. The van der Waals surface area contributed by atoms with Crippen molar-refractivity contribution in [2.24, 2.45) is 0 Å². The highest BCUT2D eigenvalue weighted by molar-refractivity contribution is 5.94. The van der Waals surface area contributed by atoms with Gasteiger partial charge >= 0.3 is 0 Å². The Bertz CT molecular complexity index is 627. The molecule has 3 rings (SSSR count). The number of hydrogen-bond donors (Lipinski definition) is 1. The van der Waals surface area contributed by atoms with E-state index in [1.807, 2.05) is 25.1 Å². The van der Waals surface area contributed by atoms with Crippen molar-refractivity contribution >= 4 is 5.91 Å². The highest BCUT2D eigenvalue weighted by Gasteiger charge is 2.22. The topological polar surface area (TPSA) is 47.6 Å². The molecule has 22 heavy (non-hydrogen) atoms. The largest absolute Gasteiger partial charge is 0.494 e. The lowest BCUT2D eigenvalue weighted by Crippen LogP contribution is -2.34. The summed E-state index contributed by atoms with van der Waals surface area (Å²) in [6.45, 7) is 3.05. The molecule has 4 nitrogen and oxygen atoms in total. The number of nitrogens with one attached hydrogen (secondary N) is 1. The Morgan fingerprint density at radius 1 is 1.23 bits per heavy atom. The van der Waals surface area contributed by atoms with Gasteiger partial charge in [-0.2, -0.15) is 0 Å². The Hall–Kier alpha value is -2.49. The van der Waals surface area contributed by atoms with Gasteiger partial charge in [0.2, 0.25) is 0 Å². The maximum absolute atomic E-state index is 12.1. The van der Waals surface area contributed by atoms with Gasteiger partial charge in [-0.1, -0.05) is 18.2 Å². The van der Waals surface area contributed by atoms with Crippen LogP contribution in [-0.2, 0) is 6.42 Å². The number of hydrogen-bond acceptors (Lipinski definition) is 3. The number of amides is 1. The molecule has 0 fully saturated rings. The van der Waals surface area contributed by atoms with E-state index in [4.69, 9.17) is 9.47 Å². The molecule has 0 bridgehead atoms. The molecule has 1 unspecified atom stereocenters. The number of benzene rings is 2. The Morgan fingerprint density at radius 3 is 2.73 bits per heavy atom. The van der Waals surface area contributed by atoms with Gasteiger partial charge in [0.1, 0.15) is 17.6 Å². The lowest BCUT2D eigenvalue weighted by Gasteiger charge is -2.12. The minimum atomic E-state index is -0.0948. The smallest absolute Gasteiger partial charge is 0.251 e. The Balaban J connectivity index is 1.53. The van der Waals surface area contributed by atoms with Crippen LogP contribution in [-0.4, -0.2) is 25.2 Å². The molecule has 2 aromatic rings. The van der Waals surface area contributed by atoms with Gasteiger partial charge in [0, 0.05) is 12.0 Å². The lowest BCUT2D eigenvalue weighted by molar-refractivity contribution is 0.0933. The summed E-state index contributed by atoms with van der Waals surface area (Å²) >= 11 is 0. The van der Waals surface area contributed by atoms with Crippen molar-refractivity contribution in [2.75, 3.05) is 13.2 Å². The van der Waals surface area contributed by atoms with E-state index in [9.17, 15) is 4.79 Å². The van der Waals surface area contributed by atoms with Crippen LogP contribution in [0.5, 0.6) is 11.5 Å². The predicted molar refractivity (Wildman–Crippen MR) is 84.5 cm³/mol. The number of fused-ring (bicyclic) bond motifs is 1. The predicted octanol–water partition coefficient (Wildman–Crippen LogP) is 2.82. The maximum atomic E-state index is 12.1. The molecule has 4 heteroatoms. The monoisotopic (exact) mass is 297 g/mol. The molecule has 1 aliphatic heterocycles. The number of para-hydroxylation sites is 1. The second kappa shape index (κ2) is 6.52. The van der Waals surface area contributed by atoms with Crippen LogP contribution in [0.15, 0.2) is 48.5 Å². The molecule has 2 aromatic carbocycles. The standard InChI is InChI=1S/C18H19NO3/c1-2-21-15-9-7-13(8-10-15)18(20)19-12-16-11-14-5-3-4-6-17(14)22-16/h3-10,16H,2,11-12H2,1H3,(H,19,20). The summed E-state index contributed by atoms with van der Waals surface area (Å²) in [5, 5.41) is 2.92. The summed E-state index contributed by atoms with van der Waals surface area (Å²) < 4.78 is 11.2. The van der Waals surface area contributed by atoms with E-state index >= 15 is 0 Å². The number of ether oxygens (including phenoxy) is 2. The average Bonchev–Trinajstić information content (AvgIpc) is 2.96.